The average Bonchev–Trinajstić information content (AvgIpc) is 3.24. The molecule has 1 heterocycles. The minimum atomic E-state index is -3.41. The summed E-state index contributed by atoms with van der Waals surface area (Å²) in [7, 11) is -3.41. The van der Waals surface area contributed by atoms with Crippen LogP contribution in [0, 0.1) is 6.92 Å². The average molecular weight is 302 g/mol. The molecule has 1 aliphatic carbocycles. The molecular formula is C16H18N2O2S. The van der Waals surface area contributed by atoms with Crippen molar-refractivity contribution in [2.45, 2.75) is 31.6 Å². The molecule has 21 heavy (non-hydrogen) atoms. The molecule has 0 radical (unpaired) electrons. The van der Waals surface area contributed by atoms with Gasteiger partial charge in [0.05, 0.1) is 5.75 Å². The lowest BCUT2D eigenvalue weighted by Crippen LogP contribution is -2.34. The summed E-state index contributed by atoms with van der Waals surface area (Å²) in [5, 5.41) is 0. The highest BCUT2D eigenvalue weighted by molar-refractivity contribution is 7.92. The van der Waals surface area contributed by atoms with E-state index < -0.39 is 10.0 Å². The Kier molecular flexibility index (Phi) is 3.68. The summed E-state index contributed by atoms with van der Waals surface area (Å²) in [5.74, 6) is 0.537. The molecule has 1 aromatic heterocycles. The first-order valence-corrected chi connectivity index (χ1v) is 8.66. The number of pyridine rings is 1. The molecule has 1 aromatic carbocycles. The maximum Gasteiger partial charge on any atom is 0.240 e. The van der Waals surface area contributed by atoms with Gasteiger partial charge in [-0.1, -0.05) is 35.9 Å². The molecule has 5 heteroatoms. The van der Waals surface area contributed by atoms with E-state index in [1.165, 1.54) is 4.31 Å². The second-order valence-electron chi connectivity index (χ2n) is 5.46. The first-order chi connectivity index (χ1) is 10.1. The Balaban J connectivity index is 1.91. The van der Waals surface area contributed by atoms with Crippen LogP contribution in [0.4, 0.5) is 5.82 Å². The molecule has 0 saturated heterocycles. The zero-order valence-corrected chi connectivity index (χ0v) is 12.8. The third kappa shape index (κ3) is 3.24. The Morgan fingerprint density at radius 3 is 2.62 bits per heavy atom. The molecule has 1 aliphatic rings. The van der Waals surface area contributed by atoms with E-state index in [-0.39, 0.29) is 11.8 Å². The molecule has 0 aliphatic heterocycles. The van der Waals surface area contributed by atoms with Crippen LogP contribution in [0.25, 0.3) is 0 Å². The van der Waals surface area contributed by atoms with E-state index in [1.807, 2.05) is 37.3 Å². The highest BCUT2D eigenvalue weighted by Crippen LogP contribution is 2.34. The van der Waals surface area contributed by atoms with Crippen molar-refractivity contribution in [3.8, 4) is 0 Å². The quantitative estimate of drug-likeness (QED) is 0.853. The van der Waals surface area contributed by atoms with Crippen molar-refractivity contribution < 1.29 is 8.42 Å². The number of hydrogen-bond donors (Lipinski definition) is 0. The number of sulfonamides is 1. The molecule has 0 amide bonds. The molecule has 1 saturated carbocycles. The molecule has 0 unspecified atom stereocenters. The van der Waals surface area contributed by atoms with Crippen molar-refractivity contribution in [1.82, 2.24) is 4.98 Å². The van der Waals surface area contributed by atoms with Crippen LogP contribution in [-0.2, 0) is 15.8 Å². The SMILES string of the molecule is Cc1cccc(CS(=O)(=O)N(c2ccccn2)C2CC2)c1. The van der Waals surface area contributed by atoms with Crippen LogP contribution in [0.15, 0.2) is 48.7 Å². The second kappa shape index (κ2) is 5.48. The Hall–Kier alpha value is -1.88. The van der Waals surface area contributed by atoms with Gasteiger partial charge in [0.15, 0.2) is 0 Å². The van der Waals surface area contributed by atoms with Gasteiger partial charge in [0.1, 0.15) is 5.82 Å². The molecular weight excluding hydrogens is 284 g/mol. The minimum Gasteiger partial charge on any atom is -0.250 e. The van der Waals surface area contributed by atoms with Crippen LogP contribution < -0.4 is 4.31 Å². The second-order valence-corrected chi connectivity index (χ2v) is 7.31. The number of nitrogens with zero attached hydrogens (tertiary/aromatic N) is 2. The number of rotatable bonds is 5. The predicted molar refractivity (Wildman–Crippen MR) is 83.5 cm³/mol. The number of benzene rings is 1. The highest BCUT2D eigenvalue weighted by atomic mass is 32.2. The lowest BCUT2D eigenvalue weighted by Gasteiger charge is -2.23. The molecule has 0 N–H and O–H groups in total. The zero-order valence-electron chi connectivity index (χ0n) is 11.9. The predicted octanol–water partition coefficient (Wildman–Crippen LogP) is 2.89. The number of anilines is 1. The summed E-state index contributed by atoms with van der Waals surface area (Å²) < 4.78 is 27.1. The fraction of sp³-hybridized carbons (Fsp3) is 0.312. The van der Waals surface area contributed by atoms with Crippen molar-refractivity contribution in [3.63, 3.8) is 0 Å². The fourth-order valence-corrected chi connectivity index (χ4v) is 4.23. The van der Waals surface area contributed by atoms with Crippen LogP contribution in [0.5, 0.6) is 0 Å². The molecule has 0 spiro atoms. The van der Waals surface area contributed by atoms with E-state index in [9.17, 15) is 8.42 Å². The lowest BCUT2D eigenvalue weighted by atomic mass is 10.2. The summed E-state index contributed by atoms with van der Waals surface area (Å²) in [5.41, 5.74) is 1.88. The Morgan fingerprint density at radius 1 is 1.19 bits per heavy atom. The largest absolute Gasteiger partial charge is 0.250 e. The number of aromatic nitrogens is 1. The van der Waals surface area contributed by atoms with Crippen LogP contribution in [0.1, 0.15) is 24.0 Å². The Labute approximate surface area is 125 Å². The van der Waals surface area contributed by atoms with Crippen molar-refractivity contribution >= 4 is 15.8 Å². The molecule has 0 bridgehead atoms. The summed E-state index contributed by atoms with van der Waals surface area (Å²) >= 11 is 0. The van der Waals surface area contributed by atoms with Gasteiger partial charge < -0.3 is 0 Å². The first-order valence-electron chi connectivity index (χ1n) is 7.05. The van der Waals surface area contributed by atoms with E-state index in [2.05, 4.69) is 4.98 Å². The summed E-state index contributed by atoms with van der Waals surface area (Å²) in [6, 6.07) is 13.1. The van der Waals surface area contributed by atoms with Gasteiger partial charge >= 0.3 is 0 Å². The van der Waals surface area contributed by atoms with Crippen molar-refractivity contribution in [3.05, 3.63) is 59.8 Å². The van der Waals surface area contributed by atoms with Crippen LogP contribution >= 0.6 is 0 Å². The smallest absolute Gasteiger partial charge is 0.240 e. The van der Waals surface area contributed by atoms with Gasteiger partial charge in [0.25, 0.3) is 0 Å². The number of hydrogen-bond acceptors (Lipinski definition) is 3. The van der Waals surface area contributed by atoms with Crippen LogP contribution in [-0.4, -0.2) is 19.4 Å². The molecule has 110 valence electrons. The molecule has 2 aromatic rings. The first kappa shape index (κ1) is 14.1. The standard InChI is InChI=1S/C16H18N2O2S/c1-13-5-4-6-14(11-13)12-21(19,20)18(15-8-9-15)16-7-2-3-10-17-16/h2-7,10-11,15H,8-9,12H2,1H3. The topological polar surface area (TPSA) is 50.3 Å². The van der Waals surface area contributed by atoms with Crippen LogP contribution in [0.3, 0.4) is 0 Å². The summed E-state index contributed by atoms with van der Waals surface area (Å²) in [6.07, 6.45) is 3.44. The van der Waals surface area contributed by atoms with E-state index >= 15 is 0 Å². The van der Waals surface area contributed by atoms with Crippen molar-refractivity contribution in [2.24, 2.45) is 0 Å². The lowest BCUT2D eigenvalue weighted by molar-refractivity contribution is 0.589. The van der Waals surface area contributed by atoms with Gasteiger partial charge in [-0.2, -0.15) is 0 Å². The van der Waals surface area contributed by atoms with Gasteiger partial charge in [-0.25, -0.2) is 13.4 Å². The van der Waals surface area contributed by atoms with E-state index in [0.717, 1.165) is 24.0 Å². The Bertz CT molecular complexity index is 725. The van der Waals surface area contributed by atoms with E-state index in [1.54, 1.807) is 18.3 Å². The van der Waals surface area contributed by atoms with Crippen molar-refractivity contribution in [2.75, 3.05) is 4.31 Å². The van der Waals surface area contributed by atoms with Crippen LogP contribution in [0.2, 0.25) is 0 Å². The Morgan fingerprint density at radius 2 is 2.00 bits per heavy atom. The minimum absolute atomic E-state index is 0.0156. The molecule has 1 fully saturated rings. The molecule has 0 atom stereocenters. The normalized spacial score (nSPS) is 14.9. The monoisotopic (exact) mass is 302 g/mol. The maximum atomic E-state index is 12.8. The van der Waals surface area contributed by atoms with Gasteiger partial charge in [-0.05, 0) is 37.5 Å². The fourth-order valence-electron chi connectivity index (χ4n) is 2.43. The van der Waals surface area contributed by atoms with Gasteiger partial charge in [0, 0.05) is 12.2 Å². The highest BCUT2D eigenvalue weighted by Gasteiger charge is 2.38. The molecule has 4 nitrogen and oxygen atoms in total. The van der Waals surface area contributed by atoms with Gasteiger partial charge in [-0.3, -0.25) is 4.31 Å². The van der Waals surface area contributed by atoms with Gasteiger partial charge in [0.2, 0.25) is 10.0 Å². The summed E-state index contributed by atoms with van der Waals surface area (Å²) in [6.45, 7) is 1.97. The van der Waals surface area contributed by atoms with Crippen molar-refractivity contribution in [1.29, 1.82) is 0 Å². The van der Waals surface area contributed by atoms with Gasteiger partial charge in [-0.15, -0.1) is 0 Å². The van der Waals surface area contributed by atoms with E-state index in [0.29, 0.717) is 5.82 Å². The number of aryl methyl sites for hydroxylation is 1. The molecule has 3 rings (SSSR count). The van der Waals surface area contributed by atoms with E-state index in [4.69, 9.17) is 0 Å². The zero-order chi connectivity index (χ0) is 14.9. The third-order valence-corrected chi connectivity index (χ3v) is 5.27. The maximum absolute atomic E-state index is 12.8. The third-order valence-electron chi connectivity index (χ3n) is 3.48. The summed E-state index contributed by atoms with van der Waals surface area (Å²) in [4.78, 5) is 4.21.